The summed E-state index contributed by atoms with van der Waals surface area (Å²) in [6.07, 6.45) is 9.39. The van der Waals surface area contributed by atoms with Crippen molar-refractivity contribution in [2.24, 2.45) is 5.92 Å². The first-order chi connectivity index (χ1) is 20.3. The van der Waals surface area contributed by atoms with E-state index in [1.54, 1.807) is 23.5 Å². The standard InChI is InChI=1S/C33H49N5O3S/c1-36(2)20-11-10-18-30(37(3)26-15-8-5-9-16-26)33(41)38-21-19-29(35-31(39)25-13-6-4-7-14-25)28(24-38)32(40)34-23-27-17-12-22-42-27/h4,6-7,12-14,17,22,26,28-30H,5,8-11,15-16,18-21,23-24H2,1-3H3,(H,34,40)(H,35,39)/t28-,29+,30+/m0/s1. The summed E-state index contributed by atoms with van der Waals surface area (Å²) in [7, 11) is 6.30. The third-order valence-corrected chi connectivity index (χ3v) is 9.77. The second kappa shape index (κ2) is 16.2. The van der Waals surface area contributed by atoms with Gasteiger partial charge in [-0.05, 0) is 83.4 Å². The van der Waals surface area contributed by atoms with E-state index in [0.29, 0.717) is 37.7 Å². The van der Waals surface area contributed by atoms with Gasteiger partial charge < -0.3 is 20.4 Å². The number of carbonyl (C=O) groups excluding carboxylic acids is 3. The highest BCUT2D eigenvalue weighted by Gasteiger charge is 2.40. The Morgan fingerprint density at radius 1 is 0.976 bits per heavy atom. The summed E-state index contributed by atoms with van der Waals surface area (Å²) in [5, 5.41) is 8.20. The normalized spacial score (nSPS) is 20.5. The van der Waals surface area contributed by atoms with E-state index in [9.17, 15) is 14.4 Å². The van der Waals surface area contributed by atoms with Crippen LogP contribution >= 0.6 is 11.3 Å². The number of thiophene rings is 1. The fourth-order valence-corrected chi connectivity index (χ4v) is 7.02. The van der Waals surface area contributed by atoms with E-state index in [-0.39, 0.29) is 29.8 Å². The number of likely N-dealkylation sites (N-methyl/N-ethyl adjacent to an activating group) is 1. The lowest BCUT2D eigenvalue weighted by molar-refractivity contribution is -0.142. The Morgan fingerprint density at radius 3 is 2.43 bits per heavy atom. The Bertz CT molecular complexity index is 1120. The predicted molar refractivity (Wildman–Crippen MR) is 169 cm³/mol. The van der Waals surface area contributed by atoms with E-state index in [2.05, 4.69) is 41.6 Å². The minimum atomic E-state index is -0.523. The number of hydrogen-bond acceptors (Lipinski definition) is 6. The van der Waals surface area contributed by atoms with Gasteiger partial charge in [0.15, 0.2) is 0 Å². The van der Waals surface area contributed by atoms with Crippen LogP contribution in [-0.2, 0) is 16.1 Å². The van der Waals surface area contributed by atoms with Crippen LogP contribution in [0.15, 0.2) is 47.8 Å². The molecule has 8 nitrogen and oxygen atoms in total. The van der Waals surface area contributed by atoms with Crippen molar-refractivity contribution < 1.29 is 14.4 Å². The smallest absolute Gasteiger partial charge is 0.251 e. The number of nitrogens with one attached hydrogen (secondary N) is 2. The Balaban J connectivity index is 1.48. The molecule has 2 aromatic rings. The van der Waals surface area contributed by atoms with Gasteiger partial charge in [0, 0.05) is 35.6 Å². The van der Waals surface area contributed by atoms with Crippen LogP contribution in [0.4, 0.5) is 0 Å². The van der Waals surface area contributed by atoms with Crippen LogP contribution in [0, 0.1) is 5.92 Å². The average molecular weight is 596 g/mol. The molecular formula is C33H49N5O3S. The first-order valence-corrected chi connectivity index (χ1v) is 16.5. The monoisotopic (exact) mass is 595 g/mol. The van der Waals surface area contributed by atoms with Crippen molar-refractivity contribution in [2.75, 3.05) is 40.8 Å². The molecule has 1 aromatic heterocycles. The fraction of sp³-hybridized carbons (Fsp3) is 0.606. The van der Waals surface area contributed by atoms with E-state index >= 15 is 0 Å². The van der Waals surface area contributed by atoms with Crippen molar-refractivity contribution in [1.82, 2.24) is 25.3 Å². The minimum Gasteiger partial charge on any atom is -0.351 e. The molecule has 0 unspecified atom stereocenters. The van der Waals surface area contributed by atoms with Gasteiger partial charge in [0.2, 0.25) is 11.8 Å². The molecule has 2 aliphatic rings. The predicted octanol–water partition coefficient (Wildman–Crippen LogP) is 4.38. The van der Waals surface area contributed by atoms with Gasteiger partial charge in [0.1, 0.15) is 0 Å². The summed E-state index contributed by atoms with van der Waals surface area (Å²) < 4.78 is 0. The Hall–Kier alpha value is -2.75. The molecule has 0 radical (unpaired) electrons. The van der Waals surface area contributed by atoms with Crippen molar-refractivity contribution in [3.63, 3.8) is 0 Å². The lowest BCUT2D eigenvalue weighted by Crippen LogP contribution is -2.60. The molecule has 230 valence electrons. The summed E-state index contributed by atoms with van der Waals surface area (Å²) in [6, 6.07) is 13.0. The van der Waals surface area contributed by atoms with E-state index < -0.39 is 5.92 Å². The second-order valence-electron chi connectivity index (χ2n) is 12.2. The minimum absolute atomic E-state index is 0.122. The zero-order valence-electron chi connectivity index (χ0n) is 25.6. The number of benzene rings is 1. The van der Waals surface area contributed by atoms with Crippen LogP contribution < -0.4 is 10.6 Å². The van der Waals surface area contributed by atoms with E-state index in [0.717, 1.165) is 43.5 Å². The maximum atomic E-state index is 14.2. The molecule has 2 fully saturated rings. The highest BCUT2D eigenvalue weighted by Crippen LogP contribution is 2.27. The summed E-state index contributed by atoms with van der Waals surface area (Å²) in [5.41, 5.74) is 0.570. The van der Waals surface area contributed by atoms with E-state index in [4.69, 9.17) is 0 Å². The van der Waals surface area contributed by atoms with Crippen LogP contribution in [0.5, 0.6) is 0 Å². The molecule has 9 heteroatoms. The number of amides is 3. The van der Waals surface area contributed by atoms with Crippen LogP contribution in [0.3, 0.4) is 0 Å². The average Bonchev–Trinajstić information content (AvgIpc) is 3.54. The highest BCUT2D eigenvalue weighted by atomic mass is 32.1. The van der Waals surface area contributed by atoms with Gasteiger partial charge in [-0.25, -0.2) is 0 Å². The van der Waals surface area contributed by atoms with Gasteiger partial charge in [0.25, 0.3) is 5.91 Å². The lowest BCUT2D eigenvalue weighted by atomic mass is 9.89. The Morgan fingerprint density at radius 2 is 1.74 bits per heavy atom. The van der Waals surface area contributed by atoms with Gasteiger partial charge in [-0.15, -0.1) is 11.3 Å². The third kappa shape index (κ3) is 9.12. The number of piperidine rings is 1. The molecule has 1 saturated heterocycles. The molecule has 0 bridgehead atoms. The molecule has 0 spiro atoms. The topological polar surface area (TPSA) is 85.0 Å². The molecule has 3 atom stereocenters. The lowest BCUT2D eigenvalue weighted by Gasteiger charge is -2.42. The van der Waals surface area contributed by atoms with Gasteiger partial charge in [-0.3, -0.25) is 19.3 Å². The Labute approximate surface area is 255 Å². The van der Waals surface area contributed by atoms with Crippen LogP contribution in [0.2, 0.25) is 0 Å². The molecule has 2 heterocycles. The quantitative estimate of drug-likeness (QED) is 0.336. The molecule has 3 amide bonds. The van der Waals surface area contributed by atoms with Crippen molar-refractivity contribution >= 4 is 29.1 Å². The highest BCUT2D eigenvalue weighted by molar-refractivity contribution is 7.09. The number of carbonyl (C=O) groups is 3. The van der Waals surface area contributed by atoms with Crippen molar-refractivity contribution in [2.45, 2.75) is 82.5 Å². The van der Waals surface area contributed by atoms with Gasteiger partial charge >= 0.3 is 0 Å². The van der Waals surface area contributed by atoms with Crippen molar-refractivity contribution in [3.8, 4) is 0 Å². The molecule has 1 aliphatic carbocycles. The number of likely N-dealkylation sites (tertiary alicyclic amines) is 1. The van der Waals surface area contributed by atoms with Crippen LogP contribution in [-0.4, -0.2) is 91.3 Å². The SMILES string of the molecule is CN(C)CCCC[C@H](C(=O)N1CC[C@@H](NC(=O)c2ccccc2)[C@@H](C(=O)NCc2cccs2)C1)N(C)C1CCCCC1. The second-order valence-corrected chi connectivity index (χ2v) is 13.2. The van der Waals surface area contributed by atoms with Gasteiger partial charge in [-0.1, -0.05) is 49.9 Å². The maximum absolute atomic E-state index is 14.2. The molecule has 1 aromatic carbocycles. The number of nitrogens with zero attached hydrogens (tertiary/aromatic N) is 3. The summed E-state index contributed by atoms with van der Waals surface area (Å²) in [5.74, 6) is -0.712. The van der Waals surface area contributed by atoms with Gasteiger partial charge in [-0.2, -0.15) is 0 Å². The number of rotatable bonds is 13. The third-order valence-electron chi connectivity index (χ3n) is 8.89. The summed E-state index contributed by atoms with van der Waals surface area (Å²) >= 11 is 1.60. The summed E-state index contributed by atoms with van der Waals surface area (Å²) in [6.45, 7) is 2.29. The van der Waals surface area contributed by atoms with Crippen molar-refractivity contribution in [1.29, 1.82) is 0 Å². The van der Waals surface area contributed by atoms with Gasteiger partial charge in [0.05, 0.1) is 18.5 Å². The summed E-state index contributed by atoms with van der Waals surface area (Å²) in [4.78, 5) is 48.4. The molecule has 42 heavy (non-hydrogen) atoms. The first-order valence-electron chi connectivity index (χ1n) is 15.6. The molecular weight excluding hydrogens is 546 g/mol. The molecule has 4 rings (SSSR count). The molecule has 1 aliphatic heterocycles. The zero-order valence-corrected chi connectivity index (χ0v) is 26.4. The van der Waals surface area contributed by atoms with Crippen LogP contribution in [0.25, 0.3) is 0 Å². The van der Waals surface area contributed by atoms with Crippen molar-refractivity contribution in [3.05, 3.63) is 58.3 Å². The first kappa shape index (κ1) is 32.2. The molecule has 2 N–H and O–H groups in total. The van der Waals surface area contributed by atoms with Crippen LogP contribution in [0.1, 0.15) is 73.0 Å². The van der Waals surface area contributed by atoms with E-state index in [1.807, 2.05) is 40.6 Å². The van der Waals surface area contributed by atoms with E-state index in [1.165, 1.54) is 19.3 Å². The number of unbranched alkanes of at least 4 members (excludes halogenated alkanes) is 1. The zero-order chi connectivity index (χ0) is 29.9. The maximum Gasteiger partial charge on any atom is 0.251 e. The largest absolute Gasteiger partial charge is 0.351 e. The fourth-order valence-electron chi connectivity index (χ4n) is 6.37. The Kier molecular flexibility index (Phi) is 12.4. The molecule has 1 saturated carbocycles. The number of hydrogen-bond donors (Lipinski definition) is 2.